The number of fused-ring (bicyclic) bond motifs is 4. The number of amidine groups is 2. The Balaban J connectivity index is 1.68. The molecule has 3 aliphatic rings. The van der Waals surface area contributed by atoms with E-state index in [-0.39, 0.29) is 0 Å². The zero-order valence-corrected chi connectivity index (χ0v) is 23.0. The van der Waals surface area contributed by atoms with Crippen LogP contribution in [-0.2, 0) is 0 Å². The third-order valence-corrected chi connectivity index (χ3v) is 28.5. The third kappa shape index (κ3) is 2.32. The molecule has 0 radical (unpaired) electrons. The van der Waals surface area contributed by atoms with Gasteiger partial charge < -0.3 is 0 Å². The van der Waals surface area contributed by atoms with Crippen molar-refractivity contribution in [3.8, 4) is 0 Å². The molecule has 0 spiro atoms. The van der Waals surface area contributed by atoms with Crippen molar-refractivity contribution in [1.82, 2.24) is 19.1 Å². The van der Waals surface area contributed by atoms with Crippen LogP contribution in [0.5, 0.6) is 0 Å². The van der Waals surface area contributed by atoms with E-state index in [0.29, 0.717) is 0 Å². The van der Waals surface area contributed by atoms with Gasteiger partial charge in [-0.05, 0) is 0 Å². The molecule has 0 aliphatic carbocycles. The molecule has 0 unspecified atom stereocenters. The second kappa shape index (κ2) is 5.86. The van der Waals surface area contributed by atoms with Crippen molar-refractivity contribution in [2.45, 2.75) is 0 Å². The minimum absolute atomic E-state index is 0.883. The summed E-state index contributed by atoms with van der Waals surface area (Å²) >= 11 is 16.1. The van der Waals surface area contributed by atoms with Crippen LogP contribution < -0.4 is 0 Å². The van der Waals surface area contributed by atoms with Crippen molar-refractivity contribution < 1.29 is 0 Å². The molecular weight excluding hydrogens is 658 g/mol. The van der Waals surface area contributed by atoms with Gasteiger partial charge in [0.2, 0.25) is 0 Å². The van der Waals surface area contributed by atoms with E-state index in [2.05, 4.69) is 105 Å². The molecule has 0 aromatic heterocycles. The molecule has 1 fully saturated rings. The maximum absolute atomic E-state index is 5.20. The van der Waals surface area contributed by atoms with E-state index in [9.17, 15) is 0 Å². The van der Waals surface area contributed by atoms with Gasteiger partial charge in [-0.25, -0.2) is 0 Å². The fraction of sp³-hybridized carbons (Fsp3) is 0.125. The Labute approximate surface area is 195 Å². The van der Waals surface area contributed by atoms with Crippen LogP contribution in [0, 0.1) is 0 Å². The summed E-state index contributed by atoms with van der Waals surface area (Å²) in [4.78, 5) is 0. The van der Waals surface area contributed by atoms with Crippen LogP contribution in [0.15, 0.2) is 70.2 Å². The molecule has 5 rings (SSSR count). The predicted octanol–water partition coefficient (Wildman–Crippen LogP) is 7.05. The Kier molecular flexibility index (Phi) is 4.19. The van der Waals surface area contributed by atoms with Crippen LogP contribution >= 0.6 is 70.9 Å². The van der Waals surface area contributed by atoms with E-state index in [1.807, 2.05) is 50.5 Å². The monoisotopic (exact) mass is 670 g/mol. The Hall–Kier alpha value is 0.0800. The fourth-order valence-corrected chi connectivity index (χ4v) is 52.5. The molecule has 0 amide bonds. The molecular formula is C16H16Br4N6P2. The molecule has 1 saturated heterocycles. The fourth-order valence-electron chi connectivity index (χ4n) is 3.92. The van der Waals surface area contributed by atoms with Gasteiger partial charge in [0.1, 0.15) is 0 Å². The molecule has 28 heavy (non-hydrogen) atoms. The summed E-state index contributed by atoms with van der Waals surface area (Å²) in [6.07, 6.45) is 0. The first-order chi connectivity index (χ1) is 13.1. The van der Waals surface area contributed by atoms with Gasteiger partial charge in [-0.1, -0.05) is 0 Å². The Bertz CT molecular complexity index is 960. The molecule has 3 aliphatic heterocycles. The number of hydrazine groups is 2. The average molecular weight is 674 g/mol. The van der Waals surface area contributed by atoms with Gasteiger partial charge in [0, 0.05) is 0 Å². The van der Waals surface area contributed by atoms with Crippen molar-refractivity contribution in [2.75, 3.05) is 14.1 Å². The number of nitrogens with zero attached hydrogens (tertiary/aromatic N) is 6. The minimum atomic E-state index is -3.20. The predicted molar refractivity (Wildman–Crippen MR) is 135 cm³/mol. The first kappa shape index (κ1) is 20.0. The van der Waals surface area contributed by atoms with E-state index >= 15 is 0 Å². The number of rotatable bonds is 2. The SMILES string of the molecule is CN1C(c2ccccc2)=NP2(Br)(Br)N1P1(Br)(Br)N=C(c3ccccc3)N(C)N21. The van der Waals surface area contributed by atoms with Crippen LogP contribution in [0.1, 0.15) is 11.1 Å². The molecule has 2 aromatic rings. The average Bonchev–Trinajstić information content (AvgIpc) is 2.99. The van der Waals surface area contributed by atoms with Gasteiger partial charge in [0.15, 0.2) is 0 Å². The maximum atomic E-state index is 5.20. The number of benzene rings is 2. The summed E-state index contributed by atoms with van der Waals surface area (Å²) in [5.74, 6) is 1.77. The van der Waals surface area contributed by atoms with Crippen molar-refractivity contribution in [3.63, 3.8) is 0 Å². The first-order valence-electron chi connectivity index (χ1n) is 8.39. The van der Waals surface area contributed by atoms with Crippen molar-refractivity contribution in [3.05, 3.63) is 71.8 Å². The zero-order valence-electron chi connectivity index (χ0n) is 14.9. The summed E-state index contributed by atoms with van der Waals surface area (Å²) in [5.41, 5.74) is 2.10. The second-order valence-corrected chi connectivity index (χ2v) is 33.8. The van der Waals surface area contributed by atoms with Crippen LogP contribution in [-0.4, -0.2) is 44.9 Å². The Morgan fingerprint density at radius 2 is 0.929 bits per heavy atom. The number of halogens is 4. The summed E-state index contributed by atoms with van der Waals surface area (Å²) in [6, 6.07) is 20.4. The summed E-state index contributed by atoms with van der Waals surface area (Å²) in [6.45, 7) is 0. The molecule has 2 aromatic carbocycles. The van der Waals surface area contributed by atoms with E-state index < -0.39 is 8.92 Å². The molecule has 0 bridgehead atoms. The third-order valence-electron chi connectivity index (χ3n) is 4.91. The van der Waals surface area contributed by atoms with Crippen molar-refractivity contribution in [2.24, 2.45) is 9.53 Å². The molecule has 0 atom stereocenters. The topological polar surface area (TPSA) is 37.7 Å². The van der Waals surface area contributed by atoms with Crippen molar-refractivity contribution in [1.29, 1.82) is 0 Å². The van der Waals surface area contributed by atoms with Gasteiger partial charge in [0.05, 0.1) is 0 Å². The standard InChI is InChI=1S/C16H16Br4N6P2/c1-23-15(13-9-5-3-6-10-13)21-27(17,18)25(23)28(19,20)22-16(24(2)26(27)28)14-11-7-4-8-12-14/h3-12H,1-2H3. The number of hydrogen-bond donors (Lipinski definition) is 0. The van der Waals surface area contributed by atoms with Crippen molar-refractivity contribution >= 4 is 82.5 Å². The van der Waals surface area contributed by atoms with Gasteiger partial charge in [-0.2, -0.15) is 0 Å². The van der Waals surface area contributed by atoms with Gasteiger partial charge in [-0.3, -0.25) is 0 Å². The Morgan fingerprint density at radius 3 is 1.25 bits per heavy atom. The van der Waals surface area contributed by atoms with Gasteiger partial charge in [-0.15, -0.1) is 0 Å². The second-order valence-electron chi connectivity index (χ2n) is 6.73. The summed E-state index contributed by atoms with van der Waals surface area (Å²) in [5, 5.41) is 4.17. The summed E-state index contributed by atoms with van der Waals surface area (Å²) < 4.78 is 8.42. The molecule has 0 N–H and O–H groups in total. The van der Waals surface area contributed by atoms with Crippen LogP contribution in [0.25, 0.3) is 0 Å². The Morgan fingerprint density at radius 1 is 0.607 bits per heavy atom. The molecule has 12 heteroatoms. The normalized spacial score (nSPS) is 29.2. The van der Waals surface area contributed by atoms with Gasteiger partial charge in [0.25, 0.3) is 0 Å². The molecule has 3 heterocycles. The van der Waals surface area contributed by atoms with Crippen LogP contribution in [0.4, 0.5) is 0 Å². The van der Waals surface area contributed by atoms with E-state index in [4.69, 9.17) is 9.53 Å². The van der Waals surface area contributed by atoms with Crippen LogP contribution in [0.2, 0.25) is 0 Å². The quantitative estimate of drug-likeness (QED) is 0.320. The van der Waals surface area contributed by atoms with E-state index in [0.717, 1.165) is 22.8 Å². The van der Waals surface area contributed by atoms with Gasteiger partial charge >= 0.3 is 197 Å². The van der Waals surface area contributed by atoms with E-state index in [1.165, 1.54) is 0 Å². The summed E-state index contributed by atoms with van der Waals surface area (Å²) in [7, 11) is 4.04. The first-order valence-corrected chi connectivity index (χ1v) is 20.6. The molecule has 148 valence electrons. The van der Waals surface area contributed by atoms with E-state index in [1.54, 1.807) is 0 Å². The zero-order chi connectivity index (χ0) is 20.0. The molecule has 0 saturated carbocycles. The molecule has 6 nitrogen and oxygen atoms in total. The number of hydrogen-bond acceptors (Lipinski definition) is 6. The van der Waals surface area contributed by atoms with Crippen LogP contribution in [0.3, 0.4) is 0 Å².